The fourth-order valence-electron chi connectivity index (χ4n) is 4.77. The quantitative estimate of drug-likeness (QED) is 0.120. The summed E-state index contributed by atoms with van der Waals surface area (Å²) in [5, 5.41) is 0. The number of anilines is 1. The van der Waals surface area contributed by atoms with Crippen LogP contribution in [0.1, 0.15) is 19.2 Å². The highest BCUT2D eigenvalue weighted by Gasteiger charge is 2.24. The zero-order valence-corrected chi connectivity index (χ0v) is 25.2. The highest BCUT2D eigenvalue weighted by atomic mass is 32.3. The van der Waals surface area contributed by atoms with Crippen molar-refractivity contribution in [2.45, 2.75) is 13.3 Å². The predicted molar refractivity (Wildman–Crippen MR) is 167 cm³/mol. The Morgan fingerprint density at radius 3 is 2.07 bits per heavy atom. The van der Waals surface area contributed by atoms with Crippen molar-refractivity contribution >= 4 is 33.3 Å². The number of ether oxygens (including phenoxy) is 1. The lowest BCUT2D eigenvalue weighted by molar-refractivity contribution is -0.652. The lowest BCUT2D eigenvalue weighted by Crippen LogP contribution is -2.29. The maximum Gasteiger partial charge on any atom is 0.374 e. The molecule has 0 unspecified atom stereocenters. The second kappa shape index (κ2) is 12.7. The second-order valence-electron chi connectivity index (χ2n) is 9.89. The molecule has 4 aromatic carbocycles. The van der Waals surface area contributed by atoms with E-state index in [0.29, 0.717) is 0 Å². The minimum atomic E-state index is -4.41. The van der Waals surface area contributed by atoms with Gasteiger partial charge in [0.15, 0.2) is 5.75 Å². The molecule has 0 fully saturated rings. The summed E-state index contributed by atoms with van der Waals surface area (Å²) in [5.74, 6) is 2.48. The minimum Gasteiger partial charge on any atom is -0.726 e. The average Bonchev–Trinajstić information content (AvgIpc) is 3.51. The van der Waals surface area contributed by atoms with E-state index < -0.39 is 10.4 Å². The highest BCUT2D eigenvalue weighted by Crippen LogP contribution is 2.41. The third-order valence-corrected chi connectivity index (χ3v) is 7.58. The van der Waals surface area contributed by atoms with Crippen molar-refractivity contribution in [1.82, 2.24) is 0 Å². The molecule has 2 heterocycles. The molecule has 0 aliphatic carbocycles. The lowest BCUT2D eigenvalue weighted by atomic mass is 10.0. The average molecular weight is 597 g/mol. The van der Waals surface area contributed by atoms with E-state index in [9.17, 15) is 13.0 Å². The molecule has 1 aliphatic rings. The van der Waals surface area contributed by atoms with E-state index in [1.807, 2.05) is 38.4 Å². The highest BCUT2D eigenvalue weighted by molar-refractivity contribution is 7.80. The summed E-state index contributed by atoms with van der Waals surface area (Å²) < 4.78 is 45.6. The Morgan fingerprint density at radius 2 is 1.49 bits per heavy atom. The van der Waals surface area contributed by atoms with Crippen LogP contribution in [0.3, 0.4) is 0 Å². The predicted octanol–water partition coefficient (Wildman–Crippen LogP) is 6.85. The Balaban J connectivity index is 0.000000559. The molecule has 220 valence electrons. The van der Waals surface area contributed by atoms with E-state index in [4.69, 9.17) is 9.15 Å². The molecule has 6 rings (SSSR count). The van der Waals surface area contributed by atoms with E-state index in [0.717, 1.165) is 53.4 Å². The van der Waals surface area contributed by atoms with Gasteiger partial charge in [0.2, 0.25) is 21.9 Å². The van der Waals surface area contributed by atoms with Gasteiger partial charge in [0.1, 0.15) is 7.05 Å². The molecule has 9 heteroatoms. The number of hydrogen-bond donors (Lipinski definition) is 0. The van der Waals surface area contributed by atoms with Gasteiger partial charge in [-0.2, -0.15) is 4.57 Å². The van der Waals surface area contributed by atoms with Crippen LogP contribution in [0.4, 0.5) is 5.69 Å². The van der Waals surface area contributed by atoms with Crippen LogP contribution in [0.2, 0.25) is 0 Å². The topological polar surface area (TPSA) is 95.9 Å². The molecule has 0 spiro atoms. The number of hydrogen-bond acceptors (Lipinski definition) is 7. The Hall–Kier alpha value is -4.70. The number of benzene rings is 4. The molecule has 5 aromatic rings. The zero-order valence-electron chi connectivity index (χ0n) is 24.4. The minimum absolute atomic E-state index is 0.804. The number of nitrogens with zero attached hydrogens (tertiary/aromatic N) is 2. The van der Waals surface area contributed by atoms with Crippen molar-refractivity contribution < 1.29 is 30.9 Å². The normalized spacial score (nSPS) is 13.9. The first-order valence-electron chi connectivity index (χ1n) is 13.7. The number of allylic oxidation sites excluding steroid dienone is 2. The Labute approximate surface area is 251 Å². The summed E-state index contributed by atoms with van der Waals surface area (Å²) in [4.78, 5) is 2.11. The van der Waals surface area contributed by atoms with Crippen LogP contribution in [0.5, 0.6) is 5.75 Å². The van der Waals surface area contributed by atoms with Crippen LogP contribution in [0.25, 0.3) is 39.4 Å². The molecule has 1 aliphatic heterocycles. The van der Waals surface area contributed by atoms with Crippen molar-refractivity contribution in [3.8, 4) is 28.0 Å². The zero-order chi connectivity index (χ0) is 30.6. The van der Waals surface area contributed by atoms with Gasteiger partial charge in [0.05, 0.1) is 18.9 Å². The molecule has 0 amide bonds. The SMILES string of the molecule is CCC(=Cc1oc2ccc(-c3ccccc3)cc2[n+]1C)C=C1Oc2ccc(-c3ccccc3)cc2N1C.COS(=O)(=O)[O-]. The van der Waals surface area contributed by atoms with Crippen molar-refractivity contribution in [3.05, 3.63) is 120 Å². The van der Waals surface area contributed by atoms with Crippen LogP contribution in [-0.2, 0) is 21.6 Å². The van der Waals surface area contributed by atoms with Crippen molar-refractivity contribution in [2.24, 2.45) is 7.05 Å². The van der Waals surface area contributed by atoms with Gasteiger partial charge in [-0.15, -0.1) is 0 Å². The molecule has 1 aromatic heterocycles. The summed E-state index contributed by atoms with van der Waals surface area (Å²) in [6, 6.07) is 33.5. The van der Waals surface area contributed by atoms with Crippen molar-refractivity contribution in [1.29, 1.82) is 0 Å². The van der Waals surface area contributed by atoms with E-state index in [1.165, 1.54) is 22.3 Å². The first kappa shape index (κ1) is 29.8. The standard InChI is InChI=1S/C33H29N2O2.CH4O4S/c1-4-23(19-32-34(2)28-21-26(15-17-30(28)36-32)24-11-7-5-8-12-24)20-33-35(3)29-22-27(16-18-31(29)37-33)25-13-9-6-10-14-25;1-5-6(2,3)4/h5-22H,4H2,1-3H3;1H3,(H,2,3,4)/q+1;/p-1. The van der Waals surface area contributed by atoms with Gasteiger partial charge in [-0.25, -0.2) is 8.42 Å². The number of aromatic nitrogens is 1. The smallest absolute Gasteiger partial charge is 0.374 e. The number of oxazole rings is 1. The Bertz CT molecular complexity index is 1910. The fourth-order valence-corrected chi connectivity index (χ4v) is 4.77. The molecular formula is C34H32N2O6S. The maximum absolute atomic E-state index is 9.22. The van der Waals surface area contributed by atoms with Crippen molar-refractivity contribution in [3.63, 3.8) is 0 Å². The van der Waals surface area contributed by atoms with Gasteiger partial charge in [-0.05, 0) is 52.4 Å². The molecular weight excluding hydrogens is 564 g/mol. The summed E-state index contributed by atoms with van der Waals surface area (Å²) in [7, 11) is 0.491. The first-order chi connectivity index (χ1) is 20.7. The number of aryl methyl sites for hydroxylation is 1. The number of rotatable bonds is 6. The van der Waals surface area contributed by atoms with Gasteiger partial charge in [-0.3, -0.25) is 4.18 Å². The largest absolute Gasteiger partial charge is 0.726 e. The van der Waals surface area contributed by atoms with Crippen molar-refractivity contribution in [2.75, 3.05) is 19.1 Å². The molecule has 0 saturated carbocycles. The van der Waals surface area contributed by atoms with Gasteiger partial charge >= 0.3 is 5.89 Å². The monoisotopic (exact) mass is 596 g/mol. The van der Waals surface area contributed by atoms with Crippen LogP contribution in [-0.4, -0.2) is 27.1 Å². The summed E-state index contributed by atoms with van der Waals surface area (Å²) in [5.41, 5.74) is 8.84. The Morgan fingerprint density at radius 1 is 0.907 bits per heavy atom. The molecule has 0 bridgehead atoms. The van der Waals surface area contributed by atoms with Crippen LogP contribution in [0.15, 0.2) is 119 Å². The lowest BCUT2D eigenvalue weighted by Gasteiger charge is -2.12. The number of fused-ring (bicyclic) bond motifs is 2. The molecule has 0 N–H and O–H groups in total. The van der Waals surface area contributed by atoms with Gasteiger partial charge in [0, 0.05) is 19.2 Å². The second-order valence-corrected chi connectivity index (χ2v) is 11.0. The molecule has 0 radical (unpaired) electrons. The van der Waals surface area contributed by atoms with E-state index in [-0.39, 0.29) is 0 Å². The third kappa shape index (κ3) is 6.86. The van der Waals surface area contributed by atoms with Crippen LogP contribution >= 0.6 is 0 Å². The summed E-state index contributed by atoms with van der Waals surface area (Å²) >= 11 is 0. The Kier molecular flexibility index (Phi) is 8.77. The summed E-state index contributed by atoms with van der Waals surface area (Å²) in [6.45, 7) is 2.15. The molecule has 8 nitrogen and oxygen atoms in total. The first-order valence-corrected chi connectivity index (χ1v) is 15.0. The molecule has 43 heavy (non-hydrogen) atoms. The van der Waals surface area contributed by atoms with Crippen LogP contribution in [0, 0.1) is 0 Å². The third-order valence-electron chi connectivity index (χ3n) is 7.18. The molecule has 0 saturated heterocycles. The van der Waals surface area contributed by atoms with E-state index in [2.05, 4.69) is 106 Å². The van der Waals surface area contributed by atoms with Gasteiger partial charge in [-0.1, -0.05) is 79.7 Å². The maximum atomic E-state index is 9.22. The molecule has 0 atom stereocenters. The van der Waals surface area contributed by atoms with E-state index in [1.54, 1.807) is 0 Å². The van der Waals surface area contributed by atoms with Gasteiger partial charge in [0.25, 0.3) is 5.52 Å². The summed E-state index contributed by atoms with van der Waals surface area (Å²) in [6.07, 6.45) is 5.05. The van der Waals surface area contributed by atoms with Crippen LogP contribution < -0.4 is 14.2 Å². The van der Waals surface area contributed by atoms with E-state index >= 15 is 0 Å². The fraction of sp³-hybridized carbons (Fsp3) is 0.147. The van der Waals surface area contributed by atoms with Gasteiger partial charge < -0.3 is 18.6 Å².